The van der Waals surface area contributed by atoms with E-state index in [1.54, 1.807) is 30.3 Å². The van der Waals surface area contributed by atoms with E-state index in [1.165, 1.54) is 0 Å². The fourth-order valence-corrected chi connectivity index (χ4v) is 10.3. The van der Waals surface area contributed by atoms with E-state index in [2.05, 4.69) is 53.2 Å². The molecule has 0 aromatic heterocycles. The molecule has 0 radical (unpaired) electrons. The van der Waals surface area contributed by atoms with Crippen LogP contribution in [-0.4, -0.2) is 158 Å². The molecule has 27 heteroatoms. The second kappa shape index (κ2) is 43.8. The van der Waals surface area contributed by atoms with Crippen molar-refractivity contribution in [2.24, 2.45) is 52.2 Å². The zero-order valence-corrected chi connectivity index (χ0v) is 53.7. The van der Waals surface area contributed by atoms with Gasteiger partial charge in [-0.05, 0) is 178 Å². The van der Waals surface area contributed by atoms with Crippen LogP contribution in [0.1, 0.15) is 176 Å². The number of nitrogens with two attached hydrogens (primary N) is 6. The Balaban J connectivity index is 3.01. The highest BCUT2D eigenvalue weighted by Crippen LogP contribution is 2.16. The lowest BCUT2D eigenvalue weighted by atomic mass is 9.99. The highest BCUT2D eigenvalue weighted by Gasteiger charge is 2.37. The minimum Gasteiger partial charge on any atom is -0.370 e. The molecule has 0 aliphatic carbocycles. The Kier molecular flexibility index (Phi) is 38.5. The smallest absolute Gasteiger partial charge is 0.243 e. The van der Waals surface area contributed by atoms with Crippen molar-refractivity contribution in [1.29, 1.82) is 0 Å². The molecule has 89 heavy (non-hydrogen) atoms. The molecule has 0 bridgehead atoms. The maximum Gasteiger partial charge on any atom is 0.243 e. The summed E-state index contributed by atoms with van der Waals surface area (Å²) < 4.78 is 0. The molecule has 1 aromatic carbocycles. The van der Waals surface area contributed by atoms with E-state index in [0.717, 1.165) is 0 Å². The molecule has 10 atom stereocenters. The Labute approximate surface area is 526 Å². The van der Waals surface area contributed by atoms with Gasteiger partial charge in [0.15, 0.2) is 0 Å². The highest BCUT2D eigenvalue weighted by molar-refractivity contribution is 5.99. The summed E-state index contributed by atoms with van der Waals surface area (Å²) in [5.74, 6) is -9.12. The summed E-state index contributed by atoms with van der Waals surface area (Å²) in [6, 6.07) is -4.30. The number of unbranched alkanes of at least 4 members (excludes halogenated alkanes) is 5. The van der Waals surface area contributed by atoms with E-state index in [0.29, 0.717) is 69.8 Å². The van der Waals surface area contributed by atoms with Crippen molar-refractivity contribution in [2.45, 2.75) is 237 Å². The van der Waals surface area contributed by atoms with Gasteiger partial charge in [0.25, 0.3) is 0 Å². The van der Waals surface area contributed by atoms with Gasteiger partial charge in [0.1, 0.15) is 60.4 Å². The average Bonchev–Trinajstić information content (AvgIpc) is 3.51. The van der Waals surface area contributed by atoms with E-state index >= 15 is 0 Å². The maximum absolute atomic E-state index is 14.8. The molecule has 11 amide bonds. The van der Waals surface area contributed by atoms with Crippen LogP contribution < -0.4 is 87.6 Å². The number of carbonyl (C=O) groups excluding carboxylic acids is 11. The Morgan fingerprint density at radius 3 is 0.775 bits per heavy atom. The molecule has 22 N–H and O–H groups in total. The first-order valence-electron chi connectivity index (χ1n) is 32.2. The van der Waals surface area contributed by atoms with E-state index in [1.807, 2.05) is 41.5 Å². The van der Waals surface area contributed by atoms with Crippen molar-refractivity contribution >= 4 is 65.0 Å². The van der Waals surface area contributed by atoms with Crippen LogP contribution in [0.25, 0.3) is 0 Å². The van der Waals surface area contributed by atoms with Gasteiger partial charge in [0.2, 0.25) is 65.0 Å². The predicted molar refractivity (Wildman–Crippen MR) is 341 cm³/mol. The summed E-state index contributed by atoms with van der Waals surface area (Å²) in [5, 5.41) is 27.9. The molecule has 1 heterocycles. The number of benzene rings is 1. The Bertz CT molecular complexity index is 2370. The lowest BCUT2D eigenvalue weighted by Gasteiger charge is -2.30. The second-order valence-electron chi connectivity index (χ2n) is 24.6. The number of nitrogens with one attached hydrogen (secondary N) is 10. The fraction of sp³-hybridized carbons (Fsp3) is 0.726. The number of carbonyl (C=O) groups is 11. The second-order valence-corrected chi connectivity index (χ2v) is 24.6. The third-order valence-electron chi connectivity index (χ3n) is 15.1. The van der Waals surface area contributed by atoms with Gasteiger partial charge in [-0.2, -0.15) is 0 Å². The van der Waals surface area contributed by atoms with Crippen LogP contribution in [0.15, 0.2) is 30.3 Å². The van der Waals surface area contributed by atoms with Gasteiger partial charge in [-0.15, -0.1) is 0 Å². The molecular weight excluding hydrogens is 1140 g/mol. The van der Waals surface area contributed by atoms with Gasteiger partial charge in [0, 0.05) is 12.8 Å². The summed E-state index contributed by atoms with van der Waals surface area (Å²) in [5.41, 5.74) is 35.5. The molecular formula is C62H110N16O11. The lowest BCUT2D eigenvalue weighted by Crippen LogP contribution is -2.61. The third kappa shape index (κ3) is 31.5. The molecule has 1 aromatic rings. The van der Waals surface area contributed by atoms with Gasteiger partial charge < -0.3 is 87.6 Å². The maximum atomic E-state index is 14.8. The molecule has 0 spiro atoms. The van der Waals surface area contributed by atoms with E-state index in [-0.39, 0.29) is 121 Å². The normalized spacial score (nSPS) is 23.9. The van der Waals surface area contributed by atoms with Crippen LogP contribution in [0, 0.1) is 17.8 Å². The van der Waals surface area contributed by atoms with Crippen LogP contribution in [0.4, 0.5) is 0 Å². The number of hydrogen-bond acceptors (Lipinski definition) is 16. The summed E-state index contributed by atoms with van der Waals surface area (Å²) >= 11 is 0. The molecule has 0 unspecified atom stereocenters. The van der Waals surface area contributed by atoms with Crippen LogP contribution in [-0.2, 0) is 59.2 Å². The zero-order valence-electron chi connectivity index (χ0n) is 53.7. The summed E-state index contributed by atoms with van der Waals surface area (Å²) in [6.45, 7) is 12.3. The first-order chi connectivity index (χ1) is 42.4. The largest absolute Gasteiger partial charge is 0.370 e. The Hall–Kier alpha value is -6.81. The molecule has 2 rings (SSSR count). The molecule has 0 saturated carbocycles. The van der Waals surface area contributed by atoms with E-state index in [9.17, 15) is 52.7 Å². The highest BCUT2D eigenvalue weighted by atomic mass is 16.2. The minimum absolute atomic E-state index is 0.0165. The Morgan fingerprint density at radius 1 is 0.326 bits per heavy atom. The zero-order chi connectivity index (χ0) is 66.4. The SMILES string of the molecule is CC(C)C[C@@H]1NC(=O)[C@H](CCCCN)NC(=O)[C@H](Cc2ccccc2)NC(=O)[C@H](CCCCN)NC(=O)[C@H](CC(C)C)NC(=O)[C@H](CCCCN)NC(=O)[C@H](CC(C)C)NC(=O)[C@H](CCCCN)NC(=O)[C@H](CCC(N)=O)NC(=O)[C@H](CCCCN)NC1=O. The van der Waals surface area contributed by atoms with Crippen molar-refractivity contribution in [3.8, 4) is 0 Å². The van der Waals surface area contributed by atoms with Crippen LogP contribution in [0.5, 0.6) is 0 Å². The summed E-state index contributed by atoms with van der Waals surface area (Å²) in [7, 11) is 0. The molecule has 27 nitrogen and oxygen atoms in total. The van der Waals surface area contributed by atoms with E-state index < -0.39 is 125 Å². The van der Waals surface area contributed by atoms with Crippen LogP contribution in [0.3, 0.4) is 0 Å². The van der Waals surface area contributed by atoms with Gasteiger partial charge in [-0.25, -0.2) is 0 Å². The van der Waals surface area contributed by atoms with Gasteiger partial charge in [-0.1, -0.05) is 71.9 Å². The first-order valence-corrected chi connectivity index (χ1v) is 32.2. The molecule has 1 fully saturated rings. The predicted octanol–water partition coefficient (Wildman–Crippen LogP) is -0.861. The van der Waals surface area contributed by atoms with Crippen LogP contribution >= 0.6 is 0 Å². The standard InChI is InChI=1S/C62H110N16O11/c1-38(2)34-48-59(86)70-42(22-10-15-29-63)53(80)74-47(27-28-52(68)79)58(85)69-43(23-11-16-30-64)54(81)75-49(35-39(3)4)60(87)71-44(24-12-17-31-65)55(82)76-50(36-40(5)6)61(88)72-46(26-14-19-33-67)57(84)78-51(37-41-20-8-7-9-21-41)62(89)73-45(56(83)77-48)25-13-18-32-66/h7-9,20-21,38-40,42-51H,10-19,22-37,63-67H2,1-6H3,(H2,68,79)(H,69,85)(H,70,86)(H,71,87)(H,72,88)(H,73,89)(H,74,80)(H,75,81)(H,76,82)(H,77,83)(H,78,84)/t42-,43-,44-,45-,46-,47-,48-,49-,50-,51-/m0/s1. The summed E-state index contributed by atoms with van der Waals surface area (Å²) in [4.78, 5) is 158. The summed E-state index contributed by atoms with van der Waals surface area (Å²) in [6.07, 6.45) is 3.77. The monoisotopic (exact) mass is 1250 g/mol. The minimum atomic E-state index is -1.50. The molecule has 1 aliphatic heterocycles. The van der Waals surface area contributed by atoms with Crippen LogP contribution in [0.2, 0.25) is 0 Å². The van der Waals surface area contributed by atoms with Gasteiger partial charge in [-0.3, -0.25) is 52.7 Å². The van der Waals surface area contributed by atoms with E-state index in [4.69, 9.17) is 34.4 Å². The first kappa shape index (κ1) is 78.3. The molecule has 1 saturated heterocycles. The number of primary amides is 1. The van der Waals surface area contributed by atoms with Gasteiger partial charge in [0.05, 0.1) is 0 Å². The number of rotatable bonds is 31. The van der Waals surface area contributed by atoms with Crippen molar-refractivity contribution in [3.63, 3.8) is 0 Å². The number of amides is 11. The fourth-order valence-electron chi connectivity index (χ4n) is 10.3. The van der Waals surface area contributed by atoms with Gasteiger partial charge >= 0.3 is 0 Å². The Morgan fingerprint density at radius 2 is 0.539 bits per heavy atom. The number of hydrogen-bond donors (Lipinski definition) is 16. The topological polar surface area (TPSA) is 464 Å². The quantitative estimate of drug-likeness (QED) is 0.0402. The van der Waals surface area contributed by atoms with Crippen molar-refractivity contribution in [2.75, 3.05) is 32.7 Å². The van der Waals surface area contributed by atoms with Crippen molar-refractivity contribution < 1.29 is 52.7 Å². The van der Waals surface area contributed by atoms with Crippen molar-refractivity contribution in [3.05, 3.63) is 35.9 Å². The lowest BCUT2D eigenvalue weighted by molar-refractivity contribution is -0.137. The molecule has 504 valence electrons. The molecule has 1 aliphatic rings. The van der Waals surface area contributed by atoms with Crippen molar-refractivity contribution in [1.82, 2.24) is 53.2 Å². The third-order valence-corrected chi connectivity index (χ3v) is 15.1. The average molecular weight is 1260 g/mol.